The summed E-state index contributed by atoms with van der Waals surface area (Å²) in [5.41, 5.74) is 0.654. The molecule has 1 heterocycles. The van der Waals surface area contributed by atoms with Crippen molar-refractivity contribution >= 4 is 23.0 Å². The minimum Gasteiger partial charge on any atom is -0.460 e. The maximum atomic E-state index is 12.8. The number of alkyl carbamates (subject to hydrolysis) is 1. The van der Waals surface area contributed by atoms with E-state index in [1.165, 1.54) is 0 Å². The van der Waals surface area contributed by atoms with Crippen molar-refractivity contribution in [3.63, 3.8) is 0 Å². The topological polar surface area (TPSA) is 101 Å². The molecule has 1 aromatic heterocycles. The van der Waals surface area contributed by atoms with Gasteiger partial charge in [-0.15, -0.1) is 0 Å². The van der Waals surface area contributed by atoms with Crippen LogP contribution in [-0.4, -0.2) is 45.5 Å². The van der Waals surface area contributed by atoms with Crippen LogP contribution in [0.25, 0.3) is 10.9 Å². The van der Waals surface area contributed by atoms with Gasteiger partial charge in [0.1, 0.15) is 11.2 Å². The molecule has 0 saturated carbocycles. The number of aliphatic hydroxyl groups is 1. The predicted molar refractivity (Wildman–Crippen MR) is 130 cm³/mol. The molecule has 0 aliphatic rings. The molecule has 2 unspecified atom stereocenters. The van der Waals surface area contributed by atoms with E-state index in [1.807, 2.05) is 65.1 Å². The van der Waals surface area contributed by atoms with Gasteiger partial charge in [0.2, 0.25) is 0 Å². The summed E-state index contributed by atoms with van der Waals surface area (Å²) in [6.45, 7) is 14.7. The van der Waals surface area contributed by atoms with E-state index in [-0.39, 0.29) is 18.3 Å². The summed E-state index contributed by atoms with van der Waals surface area (Å²) in [6, 6.07) is 7.22. The number of hydrogen-bond donors (Lipinski definition) is 3. The van der Waals surface area contributed by atoms with Crippen molar-refractivity contribution in [2.75, 3.05) is 0 Å². The van der Waals surface area contributed by atoms with E-state index >= 15 is 0 Å². The van der Waals surface area contributed by atoms with Crippen LogP contribution < -0.4 is 5.32 Å². The third-order valence-electron chi connectivity index (χ3n) is 5.29. The SMILES string of the molecule is CC(C)C(C[C@H](O)C(Cc1c[nH]c2ccccc12)NC(=O)OC(C)(C)C)C(=O)OC(C)(C)C. The van der Waals surface area contributed by atoms with Gasteiger partial charge in [0, 0.05) is 17.1 Å². The van der Waals surface area contributed by atoms with Gasteiger partial charge in [0.05, 0.1) is 18.1 Å². The van der Waals surface area contributed by atoms with Crippen molar-refractivity contribution in [3.8, 4) is 0 Å². The summed E-state index contributed by atoms with van der Waals surface area (Å²) in [6.07, 6.45) is 0.837. The van der Waals surface area contributed by atoms with Gasteiger partial charge in [0.25, 0.3) is 0 Å². The lowest BCUT2D eigenvalue weighted by molar-refractivity contribution is -0.163. The third kappa shape index (κ3) is 8.39. The number of carbonyl (C=O) groups excluding carboxylic acids is 2. The molecule has 1 amide bonds. The van der Waals surface area contributed by atoms with Crippen LogP contribution in [0.5, 0.6) is 0 Å². The molecule has 0 spiro atoms. The number of fused-ring (bicyclic) bond motifs is 1. The largest absolute Gasteiger partial charge is 0.460 e. The minimum absolute atomic E-state index is 0.0373. The van der Waals surface area contributed by atoms with Crippen LogP contribution in [-0.2, 0) is 20.7 Å². The maximum Gasteiger partial charge on any atom is 0.407 e. The molecule has 7 heteroatoms. The molecule has 1 aromatic carbocycles. The summed E-state index contributed by atoms with van der Waals surface area (Å²) >= 11 is 0. The molecule has 2 rings (SSSR count). The molecule has 0 radical (unpaired) electrons. The molecule has 2 aromatic rings. The first-order valence-electron chi connectivity index (χ1n) is 11.6. The van der Waals surface area contributed by atoms with Gasteiger partial charge in [-0.05, 0) is 71.9 Å². The Bertz CT molecular complexity index is 936. The second-order valence-corrected chi connectivity index (χ2v) is 11.0. The van der Waals surface area contributed by atoms with Crippen LogP contribution in [0.4, 0.5) is 4.79 Å². The summed E-state index contributed by atoms with van der Waals surface area (Å²) in [7, 11) is 0. The normalized spacial score (nSPS) is 15.2. The lowest BCUT2D eigenvalue weighted by atomic mass is 9.86. The number of hydrogen-bond acceptors (Lipinski definition) is 5. The third-order valence-corrected chi connectivity index (χ3v) is 5.29. The summed E-state index contributed by atoms with van der Waals surface area (Å²) in [4.78, 5) is 28.6. The lowest BCUT2D eigenvalue weighted by Gasteiger charge is -2.31. The average Bonchev–Trinajstić information content (AvgIpc) is 3.05. The molecular weight excluding hydrogens is 420 g/mol. The molecule has 0 aliphatic heterocycles. The van der Waals surface area contributed by atoms with E-state index in [2.05, 4.69) is 10.3 Å². The van der Waals surface area contributed by atoms with Gasteiger partial charge < -0.3 is 24.9 Å². The zero-order valence-corrected chi connectivity index (χ0v) is 21.2. The number of benzene rings is 1. The van der Waals surface area contributed by atoms with Crippen molar-refractivity contribution < 1.29 is 24.2 Å². The molecule has 0 bridgehead atoms. The van der Waals surface area contributed by atoms with Crippen molar-refractivity contribution in [2.24, 2.45) is 11.8 Å². The minimum atomic E-state index is -0.980. The molecule has 33 heavy (non-hydrogen) atoms. The van der Waals surface area contributed by atoms with Gasteiger partial charge in [-0.1, -0.05) is 32.0 Å². The van der Waals surface area contributed by atoms with Crippen LogP contribution in [0.1, 0.15) is 67.4 Å². The monoisotopic (exact) mass is 460 g/mol. The Morgan fingerprint density at radius 1 is 1.03 bits per heavy atom. The number of ether oxygens (including phenoxy) is 2. The highest BCUT2D eigenvalue weighted by molar-refractivity contribution is 5.83. The number of aliphatic hydroxyl groups excluding tert-OH is 1. The van der Waals surface area contributed by atoms with Crippen molar-refractivity contribution in [1.82, 2.24) is 10.3 Å². The quantitative estimate of drug-likeness (QED) is 0.483. The number of aromatic amines is 1. The fourth-order valence-electron chi connectivity index (χ4n) is 3.72. The van der Waals surface area contributed by atoms with E-state index < -0.39 is 35.4 Å². The van der Waals surface area contributed by atoms with Crippen LogP contribution in [0.3, 0.4) is 0 Å². The van der Waals surface area contributed by atoms with Gasteiger partial charge in [-0.3, -0.25) is 4.79 Å². The fraction of sp³-hybridized carbons (Fsp3) is 0.615. The van der Waals surface area contributed by atoms with E-state index in [1.54, 1.807) is 20.8 Å². The second kappa shape index (κ2) is 10.6. The highest BCUT2D eigenvalue weighted by atomic mass is 16.6. The summed E-state index contributed by atoms with van der Waals surface area (Å²) in [5.74, 6) is -0.894. The number of nitrogens with one attached hydrogen (secondary N) is 2. The molecule has 3 atom stereocenters. The zero-order valence-electron chi connectivity index (χ0n) is 21.2. The smallest absolute Gasteiger partial charge is 0.407 e. The van der Waals surface area contributed by atoms with E-state index in [4.69, 9.17) is 9.47 Å². The highest BCUT2D eigenvalue weighted by Crippen LogP contribution is 2.26. The average molecular weight is 461 g/mol. The first-order valence-corrected chi connectivity index (χ1v) is 11.6. The van der Waals surface area contributed by atoms with Gasteiger partial charge in [-0.2, -0.15) is 0 Å². The van der Waals surface area contributed by atoms with Crippen molar-refractivity contribution in [1.29, 1.82) is 0 Å². The molecule has 0 aliphatic carbocycles. The van der Waals surface area contributed by atoms with Gasteiger partial charge >= 0.3 is 12.1 Å². The highest BCUT2D eigenvalue weighted by Gasteiger charge is 2.34. The van der Waals surface area contributed by atoms with Crippen LogP contribution in [0, 0.1) is 11.8 Å². The van der Waals surface area contributed by atoms with Crippen molar-refractivity contribution in [2.45, 2.75) is 91.6 Å². The number of rotatable bonds is 8. The Balaban J connectivity index is 2.26. The fourth-order valence-corrected chi connectivity index (χ4v) is 3.72. The number of esters is 1. The van der Waals surface area contributed by atoms with Gasteiger partial charge in [0.15, 0.2) is 0 Å². The Labute approximate surface area is 197 Å². The Morgan fingerprint density at radius 2 is 1.64 bits per heavy atom. The van der Waals surface area contributed by atoms with Crippen molar-refractivity contribution in [3.05, 3.63) is 36.0 Å². The van der Waals surface area contributed by atoms with E-state index in [9.17, 15) is 14.7 Å². The molecule has 7 nitrogen and oxygen atoms in total. The standard InChI is InChI=1S/C26H40N2O5/c1-16(2)19(23(30)32-25(3,4)5)14-22(29)21(28-24(31)33-26(6,7)8)13-17-15-27-20-12-10-9-11-18(17)20/h9-12,15-16,19,21-22,27,29H,13-14H2,1-8H3,(H,28,31)/t19?,21?,22-/m0/s1. The molecule has 0 saturated heterocycles. The Morgan fingerprint density at radius 3 is 2.21 bits per heavy atom. The zero-order chi connectivity index (χ0) is 25.0. The first kappa shape index (κ1) is 26.7. The van der Waals surface area contributed by atoms with Crippen LogP contribution >= 0.6 is 0 Å². The first-order chi connectivity index (χ1) is 15.2. The van der Waals surface area contributed by atoms with Crippen LogP contribution in [0.2, 0.25) is 0 Å². The van der Waals surface area contributed by atoms with E-state index in [0.717, 1.165) is 16.5 Å². The number of amides is 1. The maximum absolute atomic E-state index is 12.8. The van der Waals surface area contributed by atoms with Gasteiger partial charge in [-0.25, -0.2) is 4.79 Å². The Hall–Kier alpha value is -2.54. The molecule has 0 fully saturated rings. The molecular formula is C26H40N2O5. The summed E-state index contributed by atoms with van der Waals surface area (Å²) in [5, 5.41) is 15.1. The number of aromatic nitrogens is 1. The number of carbonyl (C=O) groups is 2. The lowest BCUT2D eigenvalue weighted by Crippen LogP contribution is -2.48. The molecule has 184 valence electrons. The Kier molecular flexibility index (Phi) is 8.57. The van der Waals surface area contributed by atoms with Crippen LogP contribution in [0.15, 0.2) is 30.5 Å². The molecule has 3 N–H and O–H groups in total. The summed E-state index contributed by atoms with van der Waals surface area (Å²) < 4.78 is 11.0. The van der Waals surface area contributed by atoms with E-state index in [0.29, 0.717) is 6.42 Å². The number of H-pyrrole nitrogens is 1. The predicted octanol–water partition coefficient (Wildman–Crippen LogP) is 4.97. The number of para-hydroxylation sites is 1. The second-order valence-electron chi connectivity index (χ2n) is 11.0.